The predicted molar refractivity (Wildman–Crippen MR) is 78.3 cm³/mol. The van der Waals surface area contributed by atoms with Crippen LogP contribution in [-0.4, -0.2) is 5.78 Å². The summed E-state index contributed by atoms with van der Waals surface area (Å²) in [5.74, 6) is -0.367. The zero-order valence-corrected chi connectivity index (χ0v) is 12.6. The molecular formula is C15H11BrClFO. The Kier molecular flexibility index (Phi) is 4.38. The SMILES string of the molecule is Cc1c(Cl)cccc1C(=O)Cc1ccc(F)c(Br)c1. The lowest BCUT2D eigenvalue weighted by molar-refractivity contribution is 0.0992. The Balaban J connectivity index is 2.26. The number of carbonyl (C=O) groups excluding carboxylic acids is 1. The summed E-state index contributed by atoms with van der Waals surface area (Å²) in [5.41, 5.74) is 2.14. The van der Waals surface area contributed by atoms with Crippen molar-refractivity contribution in [1.82, 2.24) is 0 Å². The van der Waals surface area contributed by atoms with Gasteiger partial charge in [0.05, 0.1) is 4.47 Å². The fourth-order valence-electron chi connectivity index (χ4n) is 1.84. The summed E-state index contributed by atoms with van der Waals surface area (Å²) >= 11 is 9.11. The zero-order valence-electron chi connectivity index (χ0n) is 10.2. The van der Waals surface area contributed by atoms with Gasteiger partial charge in [0.2, 0.25) is 0 Å². The molecule has 0 fully saturated rings. The zero-order chi connectivity index (χ0) is 14.0. The second-order valence-electron chi connectivity index (χ2n) is 4.26. The smallest absolute Gasteiger partial charge is 0.167 e. The van der Waals surface area contributed by atoms with Crippen LogP contribution in [0.25, 0.3) is 0 Å². The average molecular weight is 342 g/mol. The summed E-state index contributed by atoms with van der Waals surface area (Å²) < 4.78 is 13.5. The van der Waals surface area contributed by atoms with Gasteiger partial charge in [-0.1, -0.05) is 29.8 Å². The Labute approximate surface area is 124 Å². The van der Waals surface area contributed by atoms with Gasteiger partial charge in [-0.25, -0.2) is 4.39 Å². The monoisotopic (exact) mass is 340 g/mol. The van der Waals surface area contributed by atoms with E-state index in [-0.39, 0.29) is 18.0 Å². The van der Waals surface area contributed by atoms with Crippen LogP contribution >= 0.6 is 27.5 Å². The molecule has 2 aromatic rings. The van der Waals surface area contributed by atoms with Gasteiger partial charge in [-0.3, -0.25) is 4.79 Å². The van der Waals surface area contributed by atoms with Crippen LogP contribution in [0.2, 0.25) is 5.02 Å². The van der Waals surface area contributed by atoms with Gasteiger partial charge in [0, 0.05) is 17.0 Å². The fourth-order valence-corrected chi connectivity index (χ4v) is 2.44. The van der Waals surface area contributed by atoms with E-state index in [1.54, 1.807) is 30.3 Å². The molecule has 0 saturated heterocycles. The summed E-state index contributed by atoms with van der Waals surface area (Å²) in [6, 6.07) is 9.83. The minimum Gasteiger partial charge on any atom is -0.294 e. The molecule has 0 heterocycles. The van der Waals surface area contributed by atoms with Crippen LogP contribution in [-0.2, 0) is 6.42 Å². The Bertz CT molecular complexity index is 640. The highest BCUT2D eigenvalue weighted by atomic mass is 79.9. The maximum Gasteiger partial charge on any atom is 0.167 e. The van der Waals surface area contributed by atoms with Crippen molar-refractivity contribution in [2.24, 2.45) is 0 Å². The van der Waals surface area contributed by atoms with Crippen molar-refractivity contribution in [2.45, 2.75) is 13.3 Å². The lowest BCUT2D eigenvalue weighted by atomic mass is 9.99. The van der Waals surface area contributed by atoms with E-state index in [2.05, 4.69) is 15.9 Å². The number of Topliss-reactive ketones (excluding diaryl/α,β-unsaturated/α-hetero) is 1. The molecule has 4 heteroatoms. The molecule has 0 atom stereocenters. The molecule has 0 aromatic heterocycles. The van der Waals surface area contributed by atoms with Gasteiger partial charge in [0.15, 0.2) is 5.78 Å². The van der Waals surface area contributed by atoms with Crippen molar-refractivity contribution < 1.29 is 9.18 Å². The quantitative estimate of drug-likeness (QED) is 0.720. The highest BCUT2D eigenvalue weighted by Crippen LogP contribution is 2.22. The molecule has 0 spiro atoms. The van der Waals surface area contributed by atoms with Crippen LogP contribution in [0.4, 0.5) is 4.39 Å². The van der Waals surface area contributed by atoms with Crippen LogP contribution in [0.5, 0.6) is 0 Å². The maximum atomic E-state index is 13.1. The van der Waals surface area contributed by atoms with Crippen molar-refractivity contribution >= 4 is 33.3 Å². The van der Waals surface area contributed by atoms with Crippen LogP contribution < -0.4 is 0 Å². The molecule has 2 rings (SSSR count). The van der Waals surface area contributed by atoms with E-state index in [0.29, 0.717) is 15.1 Å². The molecule has 0 N–H and O–H groups in total. The number of rotatable bonds is 3. The van der Waals surface area contributed by atoms with Crippen molar-refractivity contribution in [3.05, 3.63) is 68.4 Å². The molecule has 0 saturated carbocycles. The van der Waals surface area contributed by atoms with E-state index in [9.17, 15) is 9.18 Å². The summed E-state index contributed by atoms with van der Waals surface area (Å²) in [7, 11) is 0. The molecule has 0 aliphatic heterocycles. The first-order valence-electron chi connectivity index (χ1n) is 5.71. The molecule has 0 unspecified atom stereocenters. The topological polar surface area (TPSA) is 17.1 Å². The van der Waals surface area contributed by atoms with Crippen LogP contribution in [0.3, 0.4) is 0 Å². The molecule has 0 amide bonds. The molecule has 0 aliphatic carbocycles. The molecule has 19 heavy (non-hydrogen) atoms. The fraction of sp³-hybridized carbons (Fsp3) is 0.133. The van der Waals surface area contributed by atoms with E-state index in [4.69, 9.17) is 11.6 Å². The van der Waals surface area contributed by atoms with Gasteiger partial charge in [-0.2, -0.15) is 0 Å². The average Bonchev–Trinajstić information content (AvgIpc) is 2.37. The van der Waals surface area contributed by atoms with Crippen molar-refractivity contribution in [3.63, 3.8) is 0 Å². The van der Waals surface area contributed by atoms with E-state index < -0.39 is 0 Å². The first-order chi connectivity index (χ1) is 8.99. The normalized spacial score (nSPS) is 10.5. The van der Waals surface area contributed by atoms with E-state index >= 15 is 0 Å². The van der Waals surface area contributed by atoms with Gasteiger partial charge < -0.3 is 0 Å². The number of hydrogen-bond donors (Lipinski definition) is 0. The molecule has 0 aliphatic rings. The van der Waals surface area contributed by atoms with Crippen molar-refractivity contribution in [1.29, 1.82) is 0 Å². The van der Waals surface area contributed by atoms with E-state index in [1.807, 2.05) is 6.92 Å². The minimum absolute atomic E-state index is 0.0292. The largest absolute Gasteiger partial charge is 0.294 e. The number of ketones is 1. The highest BCUT2D eigenvalue weighted by molar-refractivity contribution is 9.10. The number of carbonyl (C=O) groups is 1. The summed E-state index contributed by atoms with van der Waals surface area (Å²) in [6.07, 6.45) is 0.222. The molecule has 98 valence electrons. The molecule has 0 bridgehead atoms. The van der Waals surface area contributed by atoms with Crippen LogP contribution in [0.1, 0.15) is 21.5 Å². The van der Waals surface area contributed by atoms with Crippen LogP contribution in [0.15, 0.2) is 40.9 Å². The molecular weight excluding hydrogens is 331 g/mol. The molecule has 0 radical (unpaired) electrons. The summed E-state index contributed by atoms with van der Waals surface area (Å²) in [4.78, 5) is 12.2. The Morgan fingerprint density at radius 3 is 2.74 bits per heavy atom. The number of halogens is 3. The van der Waals surface area contributed by atoms with Crippen LogP contribution in [0, 0.1) is 12.7 Å². The minimum atomic E-state index is -0.338. The lowest BCUT2D eigenvalue weighted by Crippen LogP contribution is -2.06. The first kappa shape index (κ1) is 14.2. The van der Waals surface area contributed by atoms with Gasteiger partial charge in [-0.15, -0.1) is 0 Å². The van der Waals surface area contributed by atoms with Crippen molar-refractivity contribution in [2.75, 3.05) is 0 Å². The third kappa shape index (κ3) is 3.23. The predicted octanol–water partition coefficient (Wildman–Crippen LogP) is 4.98. The Hall–Kier alpha value is -1.19. The van der Waals surface area contributed by atoms with E-state index in [1.165, 1.54) is 6.07 Å². The Morgan fingerprint density at radius 1 is 1.32 bits per heavy atom. The van der Waals surface area contributed by atoms with Crippen molar-refractivity contribution in [3.8, 4) is 0 Å². The van der Waals surface area contributed by atoms with E-state index in [0.717, 1.165) is 11.1 Å². The number of benzene rings is 2. The maximum absolute atomic E-state index is 13.1. The standard InChI is InChI=1S/C15H11BrClFO/c1-9-11(3-2-4-13(9)17)15(19)8-10-5-6-14(18)12(16)7-10/h2-7H,8H2,1H3. The summed E-state index contributed by atoms with van der Waals surface area (Å²) in [6.45, 7) is 1.82. The molecule has 1 nitrogen and oxygen atoms in total. The summed E-state index contributed by atoms with van der Waals surface area (Å²) in [5, 5.41) is 0.575. The second kappa shape index (κ2) is 5.85. The number of hydrogen-bond acceptors (Lipinski definition) is 1. The lowest BCUT2D eigenvalue weighted by Gasteiger charge is -2.07. The highest BCUT2D eigenvalue weighted by Gasteiger charge is 2.12. The Morgan fingerprint density at radius 2 is 2.05 bits per heavy atom. The first-order valence-corrected chi connectivity index (χ1v) is 6.88. The third-order valence-electron chi connectivity index (χ3n) is 2.92. The second-order valence-corrected chi connectivity index (χ2v) is 5.52. The molecule has 2 aromatic carbocycles. The van der Waals surface area contributed by atoms with Gasteiger partial charge >= 0.3 is 0 Å². The van der Waals surface area contributed by atoms with Gasteiger partial charge in [-0.05, 0) is 52.2 Å². The van der Waals surface area contributed by atoms with Gasteiger partial charge in [0.25, 0.3) is 0 Å². The van der Waals surface area contributed by atoms with Gasteiger partial charge in [0.1, 0.15) is 5.82 Å². The third-order valence-corrected chi connectivity index (χ3v) is 3.93.